The van der Waals surface area contributed by atoms with Gasteiger partial charge in [-0.3, -0.25) is 14.5 Å². The molecule has 0 spiro atoms. The number of carboxylic acid groups (broad SMARTS) is 1. The second-order valence-corrected chi connectivity index (χ2v) is 10.9. The van der Waals surface area contributed by atoms with Gasteiger partial charge in [-0.25, -0.2) is 0 Å². The number of carbonyl (C=O) groups excluding carboxylic acids is 1. The van der Waals surface area contributed by atoms with Gasteiger partial charge in [-0.1, -0.05) is 25.5 Å². The summed E-state index contributed by atoms with van der Waals surface area (Å²) >= 11 is 0. The lowest BCUT2D eigenvalue weighted by Gasteiger charge is -2.31. The zero-order chi connectivity index (χ0) is 26.2. The predicted octanol–water partition coefficient (Wildman–Crippen LogP) is 3.42. The molecular formula is C29H45N3O5. The highest BCUT2D eigenvalue weighted by Gasteiger charge is 2.47. The monoisotopic (exact) mass is 515 g/mol. The van der Waals surface area contributed by atoms with Crippen LogP contribution in [0.4, 0.5) is 0 Å². The summed E-state index contributed by atoms with van der Waals surface area (Å²) in [6.07, 6.45) is 8.62. The molecule has 0 radical (unpaired) electrons. The van der Waals surface area contributed by atoms with E-state index in [-0.39, 0.29) is 30.5 Å². The van der Waals surface area contributed by atoms with Crippen molar-refractivity contribution < 1.29 is 24.2 Å². The molecule has 1 aromatic rings. The lowest BCUT2D eigenvalue weighted by atomic mass is 9.82. The zero-order valence-electron chi connectivity index (χ0n) is 22.4. The number of nitrogens with two attached hydrogens (primary N) is 1. The van der Waals surface area contributed by atoms with Crippen molar-refractivity contribution in [2.75, 3.05) is 45.9 Å². The van der Waals surface area contributed by atoms with Crippen LogP contribution in [0.3, 0.4) is 0 Å². The number of amides is 1. The lowest BCUT2D eigenvalue weighted by Crippen LogP contribution is -2.45. The maximum atomic E-state index is 13.5. The largest absolute Gasteiger partial charge is 0.493 e. The highest BCUT2D eigenvalue weighted by Crippen LogP contribution is 2.41. The van der Waals surface area contributed by atoms with Gasteiger partial charge < -0.3 is 25.2 Å². The number of carboxylic acids is 1. The van der Waals surface area contributed by atoms with Gasteiger partial charge in [0.15, 0.2) is 0 Å². The highest BCUT2D eigenvalue weighted by molar-refractivity contribution is 5.79. The molecule has 0 aliphatic carbocycles. The Morgan fingerprint density at radius 3 is 2.73 bits per heavy atom. The van der Waals surface area contributed by atoms with Crippen molar-refractivity contribution in [1.82, 2.24) is 9.80 Å². The Bertz CT molecular complexity index is 896. The first-order chi connectivity index (χ1) is 18.0. The van der Waals surface area contributed by atoms with Gasteiger partial charge in [0.05, 0.1) is 25.2 Å². The van der Waals surface area contributed by atoms with Crippen molar-refractivity contribution in [3.8, 4) is 5.75 Å². The van der Waals surface area contributed by atoms with Crippen LogP contribution in [0, 0.1) is 5.92 Å². The van der Waals surface area contributed by atoms with Crippen molar-refractivity contribution in [1.29, 1.82) is 0 Å². The first-order valence-electron chi connectivity index (χ1n) is 14.3. The van der Waals surface area contributed by atoms with Crippen molar-refractivity contribution in [2.45, 2.75) is 82.8 Å². The summed E-state index contributed by atoms with van der Waals surface area (Å²) in [4.78, 5) is 30.3. The van der Waals surface area contributed by atoms with Crippen molar-refractivity contribution in [3.63, 3.8) is 0 Å². The SMILES string of the molecule is CCCCN(CCCN)C(=O)CN1C[C@H](c2ccc3c(c2)CCO3)[C@@H](C(=O)O)[C@@H]1CCC1CCCCO1. The minimum Gasteiger partial charge on any atom is -0.493 e. The van der Waals surface area contributed by atoms with Gasteiger partial charge in [0.2, 0.25) is 5.91 Å². The third-order valence-corrected chi connectivity index (χ3v) is 8.34. The van der Waals surface area contributed by atoms with E-state index in [4.69, 9.17) is 15.2 Å². The molecule has 0 aromatic heterocycles. The Kier molecular flexibility index (Phi) is 10.2. The van der Waals surface area contributed by atoms with Crippen molar-refractivity contribution >= 4 is 11.9 Å². The lowest BCUT2D eigenvalue weighted by molar-refractivity contribution is -0.144. The van der Waals surface area contributed by atoms with Crippen LogP contribution in [0.15, 0.2) is 18.2 Å². The number of hydrogen-bond donors (Lipinski definition) is 2. The Hall–Kier alpha value is -2.16. The predicted molar refractivity (Wildman–Crippen MR) is 143 cm³/mol. The smallest absolute Gasteiger partial charge is 0.308 e. The van der Waals surface area contributed by atoms with Crippen LogP contribution in [0.1, 0.15) is 75.3 Å². The molecule has 8 heteroatoms. The van der Waals surface area contributed by atoms with Crippen LogP contribution in [-0.2, 0) is 20.7 Å². The maximum absolute atomic E-state index is 13.5. The molecule has 3 aliphatic rings. The molecule has 37 heavy (non-hydrogen) atoms. The summed E-state index contributed by atoms with van der Waals surface area (Å²) in [6.45, 7) is 6.32. The molecule has 1 amide bonds. The number of nitrogens with zero attached hydrogens (tertiary/aromatic N) is 2. The highest BCUT2D eigenvalue weighted by atomic mass is 16.5. The number of likely N-dealkylation sites (tertiary alicyclic amines) is 1. The number of hydrogen-bond acceptors (Lipinski definition) is 6. The van der Waals surface area contributed by atoms with Crippen molar-refractivity contribution in [3.05, 3.63) is 29.3 Å². The quantitative estimate of drug-likeness (QED) is 0.415. The number of benzene rings is 1. The zero-order valence-corrected chi connectivity index (χ0v) is 22.4. The average Bonchev–Trinajstić information content (AvgIpc) is 3.52. The molecule has 1 unspecified atom stereocenters. The summed E-state index contributed by atoms with van der Waals surface area (Å²) in [5, 5.41) is 10.4. The second-order valence-electron chi connectivity index (χ2n) is 10.9. The fourth-order valence-corrected chi connectivity index (χ4v) is 6.29. The molecule has 8 nitrogen and oxygen atoms in total. The minimum absolute atomic E-state index is 0.0768. The van der Waals surface area contributed by atoms with Crippen LogP contribution < -0.4 is 10.5 Å². The van der Waals surface area contributed by atoms with E-state index < -0.39 is 11.9 Å². The molecule has 2 saturated heterocycles. The van der Waals surface area contributed by atoms with E-state index in [0.29, 0.717) is 26.2 Å². The number of carbonyl (C=O) groups is 2. The van der Waals surface area contributed by atoms with E-state index in [1.165, 1.54) is 0 Å². The molecule has 0 bridgehead atoms. The van der Waals surface area contributed by atoms with E-state index in [0.717, 1.165) is 87.8 Å². The molecule has 3 heterocycles. The molecule has 3 aliphatic heterocycles. The molecule has 2 fully saturated rings. The third-order valence-electron chi connectivity index (χ3n) is 8.34. The number of aliphatic carboxylic acids is 1. The molecule has 206 valence electrons. The van der Waals surface area contributed by atoms with E-state index in [1.807, 2.05) is 17.0 Å². The van der Waals surface area contributed by atoms with Crippen LogP contribution in [0.5, 0.6) is 5.75 Å². The van der Waals surface area contributed by atoms with E-state index in [2.05, 4.69) is 17.9 Å². The van der Waals surface area contributed by atoms with Gasteiger partial charge in [-0.2, -0.15) is 0 Å². The fourth-order valence-electron chi connectivity index (χ4n) is 6.29. The van der Waals surface area contributed by atoms with Gasteiger partial charge in [-0.15, -0.1) is 0 Å². The van der Waals surface area contributed by atoms with E-state index in [9.17, 15) is 14.7 Å². The summed E-state index contributed by atoms with van der Waals surface area (Å²) in [7, 11) is 0. The van der Waals surface area contributed by atoms with Gasteiger partial charge in [0, 0.05) is 44.6 Å². The van der Waals surface area contributed by atoms with Gasteiger partial charge >= 0.3 is 5.97 Å². The molecule has 4 atom stereocenters. The summed E-state index contributed by atoms with van der Waals surface area (Å²) < 4.78 is 11.7. The maximum Gasteiger partial charge on any atom is 0.308 e. The number of rotatable bonds is 13. The summed E-state index contributed by atoms with van der Waals surface area (Å²) in [6, 6.07) is 5.93. The summed E-state index contributed by atoms with van der Waals surface area (Å²) in [5.74, 6) is -0.533. The number of ether oxygens (including phenoxy) is 2. The van der Waals surface area contributed by atoms with Crippen LogP contribution in [-0.4, -0.2) is 84.9 Å². The van der Waals surface area contributed by atoms with Crippen LogP contribution >= 0.6 is 0 Å². The van der Waals surface area contributed by atoms with E-state index >= 15 is 0 Å². The Balaban J connectivity index is 1.55. The molecule has 0 saturated carbocycles. The van der Waals surface area contributed by atoms with E-state index in [1.54, 1.807) is 0 Å². The Labute approximate surface area is 221 Å². The van der Waals surface area contributed by atoms with Crippen LogP contribution in [0.25, 0.3) is 0 Å². The normalized spacial score (nSPS) is 25.6. The van der Waals surface area contributed by atoms with Gasteiger partial charge in [0.25, 0.3) is 0 Å². The third kappa shape index (κ3) is 7.03. The standard InChI is InChI=1S/C29H45N3O5/c1-2-3-14-31(15-6-13-30)27(33)20-32-19-24(21-8-11-26-22(18-21)12-17-37-26)28(29(34)35)25(32)10-9-23-7-4-5-16-36-23/h8,11,18,23-25,28H,2-7,9-10,12-17,19-20,30H2,1H3,(H,34,35)/t23?,24-,25+,28-/m1/s1. The van der Waals surface area contributed by atoms with Crippen molar-refractivity contribution in [2.24, 2.45) is 11.7 Å². The minimum atomic E-state index is -0.780. The topological polar surface area (TPSA) is 105 Å². The second kappa shape index (κ2) is 13.6. The molecule has 3 N–H and O–H groups in total. The number of unbranched alkanes of at least 4 members (excludes halogenated alkanes) is 1. The molecular weight excluding hydrogens is 470 g/mol. The Morgan fingerprint density at radius 1 is 1.16 bits per heavy atom. The van der Waals surface area contributed by atoms with Gasteiger partial charge in [0.1, 0.15) is 5.75 Å². The Morgan fingerprint density at radius 2 is 2.00 bits per heavy atom. The molecule has 4 rings (SSSR count). The fraction of sp³-hybridized carbons (Fsp3) is 0.724. The summed E-state index contributed by atoms with van der Waals surface area (Å²) in [5.41, 5.74) is 7.93. The molecule has 1 aromatic carbocycles. The first-order valence-corrected chi connectivity index (χ1v) is 14.3. The first kappa shape index (κ1) is 27.9. The van der Waals surface area contributed by atoms with Crippen LogP contribution in [0.2, 0.25) is 0 Å². The average molecular weight is 516 g/mol. The van der Waals surface area contributed by atoms with Gasteiger partial charge in [-0.05, 0) is 68.7 Å². The number of fused-ring (bicyclic) bond motifs is 1.